The van der Waals surface area contributed by atoms with Crippen molar-refractivity contribution in [2.75, 3.05) is 11.1 Å². The molecule has 0 unspecified atom stereocenters. The monoisotopic (exact) mass is 253 g/mol. The molecule has 2 rings (SSSR count). The summed E-state index contributed by atoms with van der Waals surface area (Å²) in [6.07, 6.45) is 1.42. The molecular formula is C14H15N5. The number of nitrogens with zero attached hydrogens (tertiary/aromatic N) is 3. The van der Waals surface area contributed by atoms with Gasteiger partial charge in [-0.2, -0.15) is 5.26 Å². The third-order valence-electron chi connectivity index (χ3n) is 2.79. The summed E-state index contributed by atoms with van der Waals surface area (Å²) in [6, 6.07) is 9.41. The van der Waals surface area contributed by atoms with E-state index in [1.54, 1.807) is 6.07 Å². The Morgan fingerprint density at radius 2 is 2.00 bits per heavy atom. The van der Waals surface area contributed by atoms with Crippen molar-refractivity contribution < 1.29 is 0 Å². The number of nitrogens with two attached hydrogens (primary N) is 1. The smallest absolute Gasteiger partial charge is 0.139 e. The molecule has 0 spiro atoms. The molecule has 5 heteroatoms. The van der Waals surface area contributed by atoms with Crippen molar-refractivity contribution in [3.63, 3.8) is 0 Å². The quantitative estimate of drug-likeness (QED) is 0.878. The molecule has 5 nitrogen and oxygen atoms in total. The van der Waals surface area contributed by atoms with Crippen LogP contribution in [0.1, 0.15) is 30.9 Å². The minimum absolute atomic E-state index is 0.193. The molecule has 0 saturated heterocycles. The minimum Gasteiger partial charge on any atom is -0.383 e. The van der Waals surface area contributed by atoms with Crippen LogP contribution in [0.4, 0.5) is 17.3 Å². The van der Waals surface area contributed by atoms with Gasteiger partial charge in [0.15, 0.2) is 0 Å². The molecule has 0 aliphatic carbocycles. The van der Waals surface area contributed by atoms with Crippen molar-refractivity contribution in [2.45, 2.75) is 19.8 Å². The van der Waals surface area contributed by atoms with Gasteiger partial charge in [0.1, 0.15) is 24.0 Å². The fourth-order valence-electron chi connectivity index (χ4n) is 1.90. The first-order chi connectivity index (χ1) is 9.13. The second-order valence-corrected chi connectivity index (χ2v) is 4.46. The summed E-state index contributed by atoms with van der Waals surface area (Å²) in [5.74, 6) is 1.30. The first-order valence-electron chi connectivity index (χ1n) is 6.00. The van der Waals surface area contributed by atoms with Gasteiger partial charge >= 0.3 is 0 Å². The van der Waals surface area contributed by atoms with Gasteiger partial charge in [-0.05, 0) is 18.1 Å². The number of hydrogen-bond acceptors (Lipinski definition) is 5. The lowest BCUT2D eigenvalue weighted by atomic mass is 10.0. The van der Waals surface area contributed by atoms with Crippen LogP contribution in [0.2, 0.25) is 0 Å². The standard InChI is InChI=1S/C14H15N5/c1-9(2)12-13(16)17-8-18-14(12)19-11-6-4-3-5-10(11)7-15/h3-6,8-9H,1-2H3,(H3,16,17,18,19). The lowest BCUT2D eigenvalue weighted by Gasteiger charge is -2.15. The minimum atomic E-state index is 0.193. The lowest BCUT2D eigenvalue weighted by Crippen LogP contribution is -2.07. The van der Waals surface area contributed by atoms with Crippen LogP contribution in [-0.4, -0.2) is 9.97 Å². The van der Waals surface area contributed by atoms with Gasteiger partial charge in [0.25, 0.3) is 0 Å². The van der Waals surface area contributed by atoms with E-state index in [9.17, 15) is 0 Å². The first kappa shape index (κ1) is 12.8. The molecule has 0 atom stereocenters. The van der Waals surface area contributed by atoms with Crippen molar-refractivity contribution in [2.24, 2.45) is 0 Å². The molecule has 19 heavy (non-hydrogen) atoms. The van der Waals surface area contributed by atoms with E-state index in [1.807, 2.05) is 32.0 Å². The molecule has 0 bridgehead atoms. The van der Waals surface area contributed by atoms with Gasteiger partial charge in [-0.3, -0.25) is 0 Å². The molecule has 96 valence electrons. The highest BCUT2D eigenvalue weighted by atomic mass is 15.0. The van der Waals surface area contributed by atoms with E-state index in [4.69, 9.17) is 11.0 Å². The number of nitrogens with one attached hydrogen (secondary N) is 1. The van der Waals surface area contributed by atoms with Gasteiger partial charge in [-0.25, -0.2) is 9.97 Å². The molecule has 0 radical (unpaired) electrons. The molecule has 3 N–H and O–H groups in total. The number of nitrogen functional groups attached to an aromatic ring is 1. The largest absolute Gasteiger partial charge is 0.383 e. The number of benzene rings is 1. The third kappa shape index (κ3) is 2.63. The van der Waals surface area contributed by atoms with E-state index in [0.717, 1.165) is 5.56 Å². The molecule has 0 saturated carbocycles. The summed E-state index contributed by atoms with van der Waals surface area (Å²) in [5, 5.41) is 12.2. The van der Waals surface area contributed by atoms with Crippen molar-refractivity contribution in [3.8, 4) is 6.07 Å². The van der Waals surface area contributed by atoms with E-state index in [0.29, 0.717) is 22.9 Å². The third-order valence-corrected chi connectivity index (χ3v) is 2.79. The maximum absolute atomic E-state index is 9.08. The van der Waals surface area contributed by atoms with E-state index in [1.165, 1.54) is 6.33 Å². The fraction of sp³-hybridized carbons (Fsp3) is 0.214. The van der Waals surface area contributed by atoms with Crippen molar-refractivity contribution >= 4 is 17.3 Å². The zero-order chi connectivity index (χ0) is 13.8. The van der Waals surface area contributed by atoms with Crippen LogP contribution in [-0.2, 0) is 0 Å². The van der Waals surface area contributed by atoms with Gasteiger partial charge in [0, 0.05) is 5.56 Å². The van der Waals surface area contributed by atoms with Crippen molar-refractivity contribution in [1.29, 1.82) is 5.26 Å². The highest BCUT2D eigenvalue weighted by Gasteiger charge is 2.13. The normalized spacial score (nSPS) is 10.2. The maximum Gasteiger partial charge on any atom is 0.139 e. The maximum atomic E-state index is 9.08. The average molecular weight is 253 g/mol. The van der Waals surface area contributed by atoms with Gasteiger partial charge < -0.3 is 11.1 Å². The Hall–Kier alpha value is -2.61. The van der Waals surface area contributed by atoms with Crippen LogP contribution < -0.4 is 11.1 Å². The van der Waals surface area contributed by atoms with Crippen LogP contribution in [0.5, 0.6) is 0 Å². The molecule has 1 heterocycles. The average Bonchev–Trinajstić information content (AvgIpc) is 2.39. The van der Waals surface area contributed by atoms with Crippen molar-refractivity contribution in [1.82, 2.24) is 9.97 Å². The number of anilines is 3. The number of nitriles is 1. The van der Waals surface area contributed by atoms with Crippen LogP contribution in [0, 0.1) is 11.3 Å². The molecule has 0 aliphatic rings. The predicted molar refractivity (Wildman–Crippen MR) is 75.0 cm³/mol. The summed E-state index contributed by atoms with van der Waals surface area (Å²) in [7, 11) is 0. The van der Waals surface area contributed by atoms with E-state index < -0.39 is 0 Å². The van der Waals surface area contributed by atoms with Crippen LogP contribution in [0.25, 0.3) is 0 Å². The lowest BCUT2D eigenvalue weighted by molar-refractivity contribution is 0.855. The Morgan fingerprint density at radius 3 is 2.68 bits per heavy atom. The summed E-state index contributed by atoms with van der Waals surface area (Å²) < 4.78 is 0. The van der Waals surface area contributed by atoms with Crippen LogP contribution in [0.3, 0.4) is 0 Å². The second-order valence-electron chi connectivity index (χ2n) is 4.46. The van der Waals surface area contributed by atoms with Gasteiger partial charge in [0.05, 0.1) is 11.3 Å². The van der Waals surface area contributed by atoms with Crippen molar-refractivity contribution in [3.05, 3.63) is 41.7 Å². The van der Waals surface area contributed by atoms with E-state index >= 15 is 0 Å². The summed E-state index contributed by atoms with van der Waals surface area (Å²) >= 11 is 0. The number of rotatable bonds is 3. The zero-order valence-corrected chi connectivity index (χ0v) is 10.9. The summed E-state index contributed by atoms with van der Waals surface area (Å²) in [5.41, 5.74) is 8.02. The molecule has 1 aromatic carbocycles. The SMILES string of the molecule is CC(C)c1c(N)ncnc1Nc1ccccc1C#N. The highest BCUT2D eigenvalue weighted by molar-refractivity contribution is 5.69. The Labute approximate surface area is 112 Å². The summed E-state index contributed by atoms with van der Waals surface area (Å²) in [4.78, 5) is 8.23. The number of hydrogen-bond donors (Lipinski definition) is 2. The molecule has 0 fully saturated rings. The van der Waals surface area contributed by atoms with Crippen LogP contribution >= 0.6 is 0 Å². The first-order valence-corrected chi connectivity index (χ1v) is 6.00. The molecule has 2 aromatic rings. The molecule has 1 aromatic heterocycles. The van der Waals surface area contributed by atoms with E-state index in [-0.39, 0.29) is 5.92 Å². The van der Waals surface area contributed by atoms with Gasteiger partial charge in [-0.15, -0.1) is 0 Å². The summed E-state index contributed by atoms with van der Waals surface area (Å²) in [6.45, 7) is 4.05. The Morgan fingerprint density at radius 1 is 1.26 bits per heavy atom. The molecule has 0 amide bonds. The number of aromatic nitrogens is 2. The van der Waals surface area contributed by atoms with E-state index in [2.05, 4.69) is 21.4 Å². The molecule has 0 aliphatic heterocycles. The van der Waals surface area contributed by atoms with Gasteiger partial charge in [0.2, 0.25) is 0 Å². The second kappa shape index (κ2) is 5.36. The Kier molecular flexibility index (Phi) is 3.62. The highest BCUT2D eigenvalue weighted by Crippen LogP contribution is 2.29. The predicted octanol–water partition coefficient (Wildman–Crippen LogP) is 2.80. The Bertz CT molecular complexity index is 628. The zero-order valence-electron chi connectivity index (χ0n) is 10.9. The number of para-hydroxylation sites is 1. The Balaban J connectivity index is 2.45. The van der Waals surface area contributed by atoms with Crippen LogP contribution in [0.15, 0.2) is 30.6 Å². The van der Waals surface area contributed by atoms with Gasteiger partial charge in [-0.1, -0.05) is 26.0 Å². The molecular weight excluding hydrogens is 238 g/mol. The topological polar surface area (TPSA) is 87.6 Å². The fourth-order valence-corrected chi connectivity index (χ4v) is 1.90.